The zero-order chi connectivity index (χ0) is 10.6. The van der Waals surface area contributed by atoms with Gasteiger partial charge in [0, 0.05) is 0 Å². The summed E-state index contributed by atoms with van der Waals surface area (Å²) in [4.78, 5) is 0. The Labute approximate surface area is 93.1 Å². The second-order valence-corrected chi connectivity index (χ2v) is 5.28. The molecule has 0 aromatic heterocycles. The summed E-state index contributed by atoms with van der Waals surface area (Å²) < 4.78 is 0. The van der Waals surface area contributed by atoms with Gasteiger partial charge in [-0.3, -0.25) is 0 Å². The Morgan fingerprint density at radius 2 is 2.07 bits per heavy atom. The molecule has 0 nitrogen and oxygen atoms in total. The van der Waals surface area contributed by atoms with E-state index in [2.05, 4.69) is 51.6 Å². The molecular formula is C13H18S. The van der Waals surface area contributed by atoms with Crippen molar-refractivity contribution in [2.75, 3.05) is 5.75 Å². The molecule has 0 aliphatic heterocycles. The summed E-state index contributed by atoms with van der Waals surface area (Å²) in [6.45, 7) is 6.80. The maximum absolute atomic E-state index is 4.41. The molecule has 1 aromatic rings. The molecule has 0 heterocycles. The zero-order valence-electron chi connectivity index (χ0n) is 9.17. The van der Waals surface area contributed by atoms with Crippen molar-refractivity contribution in [1.82, 2.24) is 0 Å². The van der Waals surface area contributed by atoms with Gasteiger partial charge in [-0.15, -0.1) is 0 Å². The third-order valence-corrected chi connectivity index (χ3v) is 2.67. The fraction of sp³-hybridized carbons (Fsp3) is 0.538. The van der Waals surface area contributed by atoms with Crippen molar-refractivity contribution >= 4 is 12.6 Å². The van der Waals surface area contributed by atoms with Gasteiger partial charge >= 0.3 is 0 Å². The van der Waals surface area contributed by atoms with Gasteiger partial charge in [0.05, 0.1) is 0 Å². The van der Waals surface area contributed by atoms with E-state index in [0.29, 0.717) is 11.3 Å². The Morgan fingerprint density at radius 3 is 2.50 bits per heavy atom. The van der Waals surface area contributed by atoms with E-state index >= 15 is 0 Å². The van der Waals surface area contributed by atoms with Crippen LogP contribution in [0.5, 0.6) is 0 Å². The normalized spacial score (nSPS) is 13.4. The lowest BCUT2D eigenvalue weighted by Gasteiger charge is -2.24. The van der Waals surface area contributed by atoms with Crippen LogP contribution in [0.4, 0.5) is 0 Å². The largest absolute Gasteiger partial charge is 0.179 e. The second-order valence-electron chi connectivity index (χ2n) is 4.91. The molecule has 1 aromatic carbocycles. The molecule has 1 unspecified atom stereocenters. The minimum Gasteiger partial charge on any atom is -0.179 e. The van der Waals surface area contributed by atoms with Gasteiger partial charge in [-0.1, -0.05) is 32.9 Å². The summed E-state index contributed by atoms with van der Waals surface area (Å²) in [6, 6.07) is 12.0. The van der Waals surface area contributed by atoms with Gasteiger partial charge in [-0.05, 0) is 47.3 Å². The lowest BCUT2D eigenvalue weighted by Crippen LogP contribution is -2.13. The van der Waals surface area contributed by atoms with Gasteiger partial charge in [-0.25, -0.2) is 0 Å². The second kappa shape index (κ2) is 4.75. The Hall–Kier alpha value is -0.610. The fourth-order valence-electron chi connectivity index (χ4n) is 1.64. The van der Waals surface area contributed by atoms with Gasteiger partial charge in [0.1, 0.15) is 0 Å². The summed E-state index contributed by atoms with van der Waals surface area (Å²) >= 11 is 4.41. The average molecular weight is 206 g/mol. The monoisotopic (exact) mass is 206 g/mol. The predicted molar refractivity (Wildman–Crippen MR) is 64.8 cm³/mol. The van der Waals surface area contributed by atoms with Gasteiger partial charge in [0.15, 0.2) is 0 Å². The smallest absolute Gasteiger partial charge is 0.00285 e. The highest BCUT2D eigenvalue weighted by Crippen LogP contribution is 2.31. The first-order chi connectivity index (χ1) is 6.53. The number of rotatable bonds is 3. The predicted octanol–water partition coefficient (Wildman–Crippen LogP) is 3.74. The van der Waals surface area contributed by atoms with Gasteiger partial charge in [0.25, 0.3) is 0 Å². The summed E-state index contributed by atoms with van der Waals surface area (Å²) in [5.74, 6) is 1.43. The zero-order valence-corrected chi connectivity index (χ0v) is 10.1. The van der Waals surface area contributed by atoms with Crippen LogP contribution in [0.1, 0.15) is 38.7 Å². The molecule has 1 atom stereocenters. The quantitative estimate of drug-likeness (QED) is 0.716. The molecule has 14 heavy (non-hydrogen) atoms. The summed E-state index contributed by atoms with van der Waals surface area (Å²) in [5.41, 5.74) is 1.68. The molecule has 0 spiro atoms. The summed E-state index contributed by atoms with van der Waals surface area (Å²) in [6.07, 6.45) is 1.16. The average Bonchev–Trinajstić information content (AvgIpc) is 2.14. The highest BCUT2D eigenvalue weighted by atomic mass is 32.1. The van der Waals surface area contributed by atoms with E-state index in [9.17, 15) is 0 Å². The Morgan fingerprint density at radius 1 is 1.36 bits per heavy atom. The molecule has 0 aliphatic rings. The first-order valence-corrected chi connectivity index (χ1v) is 5.65. The molecule has 1 rings (SSSR count). The first kappa shape index (κ1) is 11.5. The van der Waals surface area contributed by atoms with Crippen LogP contribution in [0.3, 0.4) is 0 Å². The van der Waals surface area contributed by atoms with E-state index in [1.54, 1.807) is 0 Å². The maximum atomic E-state index is 4.41. The van der Waals surface area contributed by atoms with E-state index in [1.165, 1.54) is 5.56 Å². The Bertz CT molecular complexity index is 258. The molecule has 0 bridgehead atoms. The number of thiol groups is 1. The van der Waals surface area contributed by atoms with Crippen molar-refractivity contribution in [3.05, 3.63) is 35.9 Å². The molecule has 76 valence electrons. The highest BCUT2D eigenvalue weighted by Gasteiger charge is 2.18. The van der Waals surface area contributed by atoms with Crippen molar-refractivity contribution in [3.63, 3.8) is 0 Å². The van der Waals surface area contributed by atoms with E-state index in [-0.39, 0.29) is 0 Å². The van der Waals surface area contributed by atoms with Crippen LogP contribution >= 0.6 is 12.6 Å². The number of hydrogen-bond donors (Lipinski definition) is 1. The molecule has 0 fully saturated rings. The lowest BCUT2D eigenvalue weighted by atomic mass is 9.82. The lowest BCUT2D eigenvalue weighted by molar-refractivity contribution is 0.351. The number of hydrogen-bond acceptors (Lipinski definition) is 1. The van der Waals surface area contributed by atoms with Crippen LogP contribution in [0, 0.1) is 17.5 Å². The van der Waals surface area contributed by atoms with Crippen molar-refractivity contribution in [1.29, 1.82) is 0 Å². The first-order valence-electron chi connectivity index (χ1n) is 5.01. The van der Waals surface area contributed by atoms with E-state index < -0.39 is 0 Å². The van der Waals surface area contributed by atoms with Crippen molar-refractivity contribution in [3.8, 4) is 0 Å². The van der Waals surface area contributed by atoms with Gasteiger partial charge in [0.2, 0.25) is 0 Å². The standard InChI is InChI=1S/C13H18S/c1-13(2,3)9-12(10-14)11-7-5-4-6-8-11/h5,7-8,12,14H,9-10H2,1-3H3. The topological polar surface area (TPSA) is 0 Å². The van der Waals surface area contributed by atoms with Crippen LogP contribution in [0.2, 0.25) is 0 Å². The van der Waals surface area contributed by atoms with E-state index in [0.717, 1.165) is 12.2 Å². The third kappa shape index (κ3) is 3.64. The van der Waals surface area contributed by atoms with Crippen LogP contribution in [0.15, 0.2) is 18.2 Å². The molecule has 0 radical (unpaired) electrons. The maximum Gasteiger partial charge on any atom is -0.00285 e. The van der Waals surface area contributed by atoms with E-state index in [1.807, 2.05) is 12.1 Å². The van der Waals surface area contributed by atoms with E-state index in [4.69, 9.17) is 0 Å². The SMILES string of the molecule is CC(C)(C)CC(CS)c1cc#ccc1. The molecule has 0 saturated carbocycles. The summed E-state index contributed by atoms with van der Waals surface area (Å²) in [5, 5.41) is 0. The molecule has 1 heteroatoms. The minimum absolute atomic E-state index is 0.354. The van der Waals surface area contributed by atoms with Crippen LogP contribution in [0.25, 0.3) is 0 Å². The highest BCUT2D eigenvalue weighted by molar-refractivity contribution is 7.80. The molecule has 0 aliphatic carbocycles. The van der Waals surface area contributed by atoms with Crippen LogP contribution < -0.4 is 0 Å². The molecule has 0 saturated heterocycles. The van der Waals surface area contributed by atoms with Crippen molar-refractivity contribution < 1.29 is 0 Å². The van der Waals surface area contributed by atoms with Crippen molar-refractivity contribution in [2.45, 2.75) is 33.1 Å². The minimum atomic E-state index is 0.354. The van der Waals surface area contributed by atoms with Crippen LogP contribution in [-0.4, -0.2) is 5.75 Å². The van der Waals surface area contributed by atoms with Crippen LogP contribution in [-0.2, 0) is 0 Å². The Kier molecular flexibility index (Phi) is 3.89. The third-order valence-electron chi connectivity index (χ3n) is 2.23. The summed E-state index contributed by atoms with van der Waals surface area (Å²) in [7, 11) is 0. The molecule has 0 amide bonds. The fourth-order valence-corrected chi connectivity index (χ4v) is 1.98. The van der Waals surface area contributed by atoms with Crippen molar-refractivity contribution in [2.24, 2.45) is 5.41 Å². The molecular weight excluding hydrogens is 188 g/mol. The van der Waals surface area contributed by atoms with Gasteiger partial charge in [-0.2, -0.15) is 12.6 Å². The molecule has 0 N–H and O–H groups in total. The Balaban J connectivity index is 2.73. The van der Waals surface area contributed by atoms with Gasteiger partial charge < -0.3 is 0 Å².